The van der Waals surface area contributed by atoms with Gasteiger partial charge in [0.2, 0.25) is 0 Å². The van der Waals surface area contributed by atoms with Gasteiger partial charge in [0, 0.05) is 23.2 Å². The van der Waals surface area contributed by atoms with Crippen LogP contribution in [0.2, 0.25) is 0 Å². The SMILES string of the molecule is O=C1NC(S)S/C1=C\c1cc([N+](=O)[O-])ccc1Sc1ccc(C(F)(F)F)cn1. The minimum absolute atomic E-state index is 0.178. The van der Waals surface area contributed by atoms with Crippen molar-refractivity contribution in [1.82, 2.24) is 10.3 Å². The molecule has 1 saturated heterocycles. The van der Waals surface area contributed by atoms with Crippen LogP contribution in [0.15, 0.2) is 51.4 Å². The number of alkyl halides is 3. The number of hydrogen-bond donors (Lipinski definition) is 2. The summed E-state index contributed by atoms with van der Waals surface area (Å²) >= 11 is 6.33. The number of nitrogens with one attached hydrogen (secondary N) is 1. The highest BCUT2D eigenvalue weighted by Gasteiger charge is 2.30. The van der Waals surface area contributed by atoms with Gasteiger partial charge in [-0.15, -0.1) is 12.6 Å². The number of nitrogens with zero attached hydrogens (tertiary/aromatic N) is 2. The van der Waals surface area contributed by atoms with E-state index < -0.39 is 21.4 Å². The van der Waals surface area contributed by atoms with E-state index in [4.69, 9.17) is 0 Å². The molecule has 1 aliphatic rings. The number of pyridine rings is 1. The third-order valence-electron chi connectivity index (χ3n) is 3.49. The summed E-state index contributed by atoms with van der Waals surface area (Å²) in [5.41, 5.74) is -0.676. The number of nitro groups is 1. The molecule has 1 fully saturated rings. The highest BCUT2D eigenvalue weighted by Crippen LogP contribution is 2.37. The minimum atomic E-state index is -4.49. The van der Waals surface area contributed by atoms with Crippen molar-refractivity contribution in [2.45, 2.75) is 20.8 Å². The second kappa shape index (κ2) is 8.05. The van der Waals surface area contributed by atoms with E-state index >= 15 is 0 Å². The maximum Gasteiger partial charge on any atom is 0.417 e. The Bertz CT molecular complexity index is 965. The van der Waals surface area contributed by atoms with E-state index in [9.17, 15) is 28.1 Å². The number of amides is 1. The largest absolute Gasteiger partial charge is 0.417 e. The normalized spacial score (nSPS) is 18.4. The molecule has 12 heteroatoms. The van der Waals surface area contributed by atoms with Crippen LogP contribution in [0.1, 0.15) is 11.1 Å². The number of rotatable bonds is 4. The van der Waals surface area contributed by atoms with E-state index in [-0.39, 0.29) is 16.6 Å². The fourth-order valence-electron chi connectivity index (χ4n) is 2.20. The summed E-state index contributed by atoms with van der Waals surface area (Å²) in [5, 5.41) is 13.9. The smallest absolute Gasteiger partial charge is 0.331 e. The first-order chi connectivity index (χ1) is 13.1. The third kappa shape index (κ3) is 4.80. The van der Waals surface area contributed by atoms with E-state index in [2.05, 4.69) is 22.9 Å². The maximum absolute atomic E-state index is 12.7. The third-order valence-corrected chi connectivity index (χ3v) is 5.87. The summed E-state index contributed by atoms with van der Waals surface area (Å²) in [5.74, 6) is -0.361. The van der Waals surface area contributed by atoms with Gasteiger partial charge in [0.15, 0.2) is 0 Å². The van der Waals surface area contributed by atoms with Crippen LogP contribution in [-0.4, -0.2) is 20.5 Å². The Morgan fingerprint density at radius 1 is 1.32 bits per heavy atom. The van der Waals surface area contributed by atoms with Gasteiger partial charge in [-0.1, -0.05) is 23.5 Å². The molecule has 1 aromatic carbocycles. The summed E-state index contributed by atoms with van der Waals surface area (Å²) in [6.07, 6.45) is -2.29. The topological polar surface area (TPSA) is 85.1 Å². The maximum atomic E-state index is 12.7. The molecule has 1 atom stereocenters. The van der Waals surface area contributed by atoms with Crippen molar-refractivity contribution in [1.29, 1.82) is 0 Å². The molecular formula is C16H10F3N3O3S3. The lowest BCUT2D eigenvalue weighted by Gasteiger charge is -2.08. The van der Waals surface area contributed by atoms with E-state index in [1.54, 1.807) is 0 Å². The molecule has 0 radical (unpaired) electrons. The fourth-order valence-corrected chi connectivity index (χ4v) is 4.27. The van der Waals surface area contributed by atoms with Crippen LogP contribution in [-0.2, 0) is 11.0 Å². The van der Waals surface area contributed by atoms with Gasteiger partial charge in [0.05, 0.1) is 15.4 Å². The Morgan fingerprint density at radius 3 is 2.61 bits per heavy atom. The van der Waals surface area contributed by atoms with Crippen molar-refractivity contribution >= 4 is 53.8 Å². The summed E-state index contributed by atoms with van der Waals surface area (Å²) < 4.78 is 37.6. The standard InChI is InChI=1S/C16H10F3N3O3S3/c17-16(18,19)9-1-4-13(20-7-9)27-11-3-2-10(22(24)25)5-8(11)6-12-14(23)21-15(26)28-12/h1-7,15,26H,(H,21,23)/b12-6-. The Labute approximate surface area is 170 Å². The molecule has 3 rings (SSSR count). The summed E-state index contributed by atoms with van der Waals surface area (Å²) in [4.78, 5) is 27.0. The lowest BCUT2D eigenvalue weighted by atomic mass is 10.2. The molecule has 1 N–H and O–H groups in total. The molecule has 0 bridgehead atoms. The molecule has 1 amide bonds. The lowest BCUT2D eigenvalue weighted by Crippen LogP contribution is -2.19. The van der Waals surface area contributed by atoms with Crippen LogP contribution in [0, 0.1) is 10.1 Å². The highest BCUT2D eigenvalue weighted by molar-refractivity contribution is 8.14. The van der Waals surface area contributed by atoms with Gasteiger partial charge in [-0.25, -0.2) is 4.98 Å². The number of non-ortho nitro benzene ring substituents is 1. The molecule has 0 saturated carbocycles. The van der Waals surface area contributed by atoms with Crippen molar-refractivity contribution < 1.29 is 22.9 Å². The van der Waals surface area contributed by atoms with Gasteiger partial charge in [0.1, 0.15) is 9.73 Å². The summed E-state index contributed by atoms with van der Waals surface area (Å²) in [6.45, 7) is 0. The molecule has 2 aromatic rings. The number of carbonyl (C=O) groups is 1. The molecule has 2 heterocycles. The van der Waals surface area contributed by atoms with Crippen LogP contribution in [0.5, 0.6) is 0 Å². The first-order valence-corrected chi connectivity index (χ1v) is 9.71. The monoisotopic (exact) mass is 445 g/mol. The number of benzene rings is 1. The number of halogens is 3. The molecular weight excluding hydrogens is 435 g/mol. The second-order valence-electron chi connectivity index (χ2n) is 5.42. The number of aromatic nitrogens is 1. The minimum Gasteiger partial charge on any atom is -0.331 e. The average molecular weight is 445 g/mol. The Hall–Kier alpha value is -2.18. The Morgan fingerprint density at radius 2 is 2.07 bits per heavy atom. The van der Waals surface area contributed by atoms with Crippen LogP contribution >= 0.6 is 36.2 Å². The number of carbonyl (C=O) groups excluding carboxylic acids is 1. The highest BCUT2D eigenvalue weighted by atomic mass is 32.2. The van der Waals surface area contributed by atoms with Crippen molar-refractivity contribution in [3.8, 4) is 0 Å². The van der Waals surface area contributed by atoms with Crippen molar-refractivity contribution in [2.75, 3.05) is 0 Å². The van der Waals surface area contributed by atoms with Crippen LogP contribution in [0.25, 0.3) is 6.08 Å². The van der Waals surface area contributed by atoms with Crippen molar-refractivity contribution in [3.63, 3.8) is 0 Å². The van der Waals surface area contributed by atoms with Crippen LogP contribution < -0.4 is 5.32 Å². The van der Waals surface area contributed by atoms with Crippen molar-refractivity contribution in [2.24, 2.45) is 0 Å². The quantitative estimate of drug-likeness (QED) is 0.310. The first kappa shape index (κ1) is 20.6. The van der Waals surface area contributed by atoms with Gasteiger partial charge in [0.25, 0.3) is 11.6 Å². The second-order valence-corrected chi connectivity index (χ2v) is 8.49. The fraction of sp³-hybridized carbons (Fsp3) is 0.125. The first-order valence-electron chi connectivity index (χ1n) is 7.50. The van der Waals surface area contributed by atoms with E-state index in [0.717, 1.165) is 35.8 Å². The zero-order valence-corrected chi connectivity index (χ0v) is 16.2. The average Bonchev–Trinajstić information content (AvgIpc) is 2.93. The van der Waals surface area contributed by atoms with Crippen LogP contribution in [0.3, 0.4) is 0 Å². The molecule has 1 aromatic heterocycles. The Kier molecular flexibility index (Phi) is 5.91. The van der Waals surface area contributed by atoms with Crippen molar-refractivity contribution in [3.05, 3.63) is 62.7 Å². The summed E-state index contributed by atoms with van der Waals surface area (Å²) in [7, 11) is 0. The predicted octanol–water partition coefficient (Wildman–Crippen LogP) is 4.58. The number of thiol groups is 1. The molecule has 6 nitrogen and oxygen atoms in total. The lowest BCUT2D eigenvalue weighted by molar-refractivity contribution is -0.384. The molecule has 0 spiro atoms. The molecule has 0 aliphatic carbocycles. The number of hydrogen-bond acceptors (Lipinski definition) is 7. The van der Waals surface area contributed by atoms with Gasteiger partial charge in [-0.3, -0.25) is 14.9 Å². The van der Waals surface area contributed by atoms with E-state index in [0.29, 0.717) is 15.4 Å². The molecule has 146 valence electrons. The van der Waals surface area contributed by atoms with E-state index in [1.165, 1.54) is 30.3 Å². The zero-order valence-electron chi connectivity index (χ0n) is 13.6. The Balaban J connectivity index is 1.95. The number of nitro benzene ring substituents is 1. The zero-order chi connectivity index (χ0) is 20.5. The number of thioether (sulfide) groups is 1. The van der Waals surface area contributed by atoms with Gasteiger partial charge >= 0.3 is 6.18 Å². The van der Waals surface area contributed by atoms with E-state index in [1.807, 2.05) is 0 Å². The molecule has 1 aliphatic heterocycles. The van der Waals surface area contributed by atoms with Gasteiger partial charge < -0.3 is 5.32 Å². The van der Waals surface area contributed by atoms with Gasteiger partial charge in [-0.05, 0) is 29.8 Å². The molecule has 1 unspecified atom stereocenters. The van der Waals surface area contributed by atoms with Crippen LogP contribution in [0.4, 0.5) is 18.9 Å². The predicted molar refractivity (Wildman–Crippen MR) is 103 cm³/mol. The molecule has 28 heavy (non-hydrogen) atoms. The summed E-state index contributed by atoms with van der Waals surface area (Å²) in [6, 6.07) is 6.15. The van der Waals surface area contributed by atoms with Gasteiger partial charge in [-0.2, -0.15) is 13.2 Å².